The molecule has 0 spiro atoms. The molecule has 2 rings (SSSR count). The van der Waals surface area contributed by atoms with Crippen molar-refractivity contribution in [1.29, 1.82) is 0 Å². The number of hydrogen-bond donors (Lipinski definition) is 3. The number of aromatic hydroxyl groups is 1. The lowest BCUT2D eigenvalue weighted by atomic mass is 10.1. The molecule has 68 valence electrons. The Morgan fingerprint density at radius 1 is 1.54 bits per heavy atom. The Bertz CT molecular complexity index is 392. The van der Waals surface area contributed by atoms with Crippen LogP contribution in [0.15, 0.2) is 16.6 Å². The Kier molecular flexibility index (Phi) is 1.78. The number of carbonyl (C=O) groups is 1. The van der Waals surface area contributed by atoms with Crippen LogP contribution in [0.1, 0.15) is 11.6 Å². The van der Waals surface area contributed by atoms with Gasteiger partial charge in [0.1, 0.15) is 11.8 Å². The SMILES string of the molecule is NC1C(=O)Nc2cc(O)c(Br)cc21. The first kappa shape index (κ1) is 8.52. The minimum Gasteiger partial charge on any atom is -0.507 e. The van der Waals surface area contributed by atoms with Gasteiger partial charge < -0.3 is 16.2 Å². The summed E-state index contributed by atoms with van der Waals surface area (Å²) in [5, 5.41) is 11.9. The summed E-state index contributed by atoms with van der Waals surface area (Å²) in [5.74, 6) is -0.152. The Labute approximate surface area is 82.9 Å². The molecular formula is C8H7BrN2O2. The van der Waals surface area contributed by atoms with E-state index in [1.165, 1.54) is 6.07 Å². The van der Waals surface area contributed by atoms with Gasteiger partial charge in [-0.2, -0.15) is 0 Å². The maximum Gasteiger partial charge on any atom is 0.245 e. The van der Waals surface area contributed by atoms with Crippen molar-refractivity contribution in [2.75, 3.05) is 5.32 Å². The van der Waals surface area contributed by atoms with Gasteiger partial charge in [0.05, 0.1) is 4.47 Å². The average molecular weight is 243 g/mol. The number of rotatable bonds is 0. The molecule has 0 bridgehead atoms. The molecule has 13 heavy (non-hydrogen) atoms. The van der Waals surface area contributed by atoms with Gasteiger partial charge in [0, 0.05) is 17.3 Å². The van der Waals surface area contributed by atoms with Crippen molar-refractivity contribution in [3.8, 4) is 5.75 Å². The van der Waals surface area contributed by atoms with Gasteiger partial charge in [0.15, 0.2) is 0 Å². The lowest BCUT2D eigenvalue weighted by Crippen LogP contribution is -2.19. The minimum atomic E-state index is -0.633. The molecule has 1 atom stereocenters. The Balaban J connectivity index is 2.59. The maximum atomic E-state index is 11.1. The highest BCUT2D eigenvalue weighted by Crippen LogP contribution is 2.36. The smallest absolute Gasteiger partial charge is 0.245 e. The Morgan fingerprint density at radius 3 is 2.92 bits per heavy atom. The number of anilines is 1. The van der Waals surface area contributed by atoms with Crippen molar-refractivity contribution in [1.82, 2.24) is 0 Å². The second-order valence-electron chi connectivity index (χ2n) is 2.86. The number of hydrogen-bond acceptors (Lipinski definition) is 3. The van der Waals surface area contributed by atoms with Gasteiger partial charge in [-0.15, -0.1) is 0 Å². The van der Waals surface area contributed by atoms with Crippen molar-refractivity contribution >= 4 is 27.5 Å². The highest BCUT2D eigenvalue weighted by atomic mass is 79.9. The summed E-state index contributed by atoms with van der Waals surface area (Å²) in [4.78, 5) is 11.1. The van der Waals surface area contributed by atoms with Gasteiger partial charge >= 0.3 is 0 Å². The van der Waals surface area contributed by atoms with Gasteiger partial charge in [0.25, 0.3) is 0 Å². The molecule has 0 aromatic heterocycles. The van der Waals surface area contributed by atoms with E-state index < -0.39 is 6.04 Å². The third kappa shape index (κ3) is 1.20. The molecule has 4 N–H and O–H groups in total. The first-order valence-electron chi connectivity index (χ1n) is 3.68. The fourth-order valence-corrected chi connectivity index (χ4v) is 1.66. The molecule has 5 heteroatoms. The van der Waals surface area contributed by atoms with E-state index in [9.17, 15) is 9.90 Å². The number of benzene rings is 1. The van der Waals surface area contributed by atoms with Gasteiger partial charge in [-0.05, 0) is 22.0 Å². The Hall–Kier alpha value is -1.07. The van der Waals surface area contributed by atoms with Crippen LogP contribution in [0.2, 0.25) is 0 Å². The van der Waals surface area contributed by atoms with Gasteiger partial charge in [-0.1, -0.05) is 0 Å². The van der Waals surface area contributed by atoms with E-state index in [-0.39, 0.29) is 11.7 Å². The maximum absolute atomic E-state index is 11.1. The van der Waals surface area contributed by atoms with Crippen LogP contribution in [0.3, 0.4) is 0 Å². The minimum absolute atomic E-state index is 0.0909. The number of nitrogens with one attached hydrogen (secondary N) is 1. The monoisotopic (exact) mass is 242 g/mol. The fourth-order valence-electron chi connectivity index (χ4n) is 1.29. The molecule has 1 amide bonds. The lowest BCUT2D eigenvalue weighted by molar-refractivity contribution is -0.116. The quantitative estimate of drug-likeness (QED) is 0.638. The molecule has 0 fully saturated rings. The molecule has 0 saturated heterocycles. The summed E-state index contributed by atoms with van der Waals surface area (Å²) >= 11 is 3.15. The predicted octanol–water partition coefficient (Wildman–Crippen LogP) is 1.11. The largest absolute Gasteiger partial charge is 0.507 e. The molecular weight excluding hydrogens is 236 g/mol. The van der Waals surface area contributed by atoms with Crippen LogP contribution in [-0.2, 0) is 4.79 Å². The highest BCUT2D eigenvalue weighted by Gasteiger charge is 2.27. The van der Waals surface area contributed by atoms with Gasteiger partial charge in [-0.25, -0.2) is 0 Å². The van der Waals surface area contributed by atoms with Crippen LogP contribution in [-0.4, -0.2) is 11.0 Å². The topological polar surface area (TPSA) is 75.4 Å². The lowest BCUT2D eigenvalue weighted by Gasteiger charge is -2.03. The van der Waals surface area contributed by atoms with Crippen molar-refractivity contribution < 1.29 is 9.90 Å². The fraction of sp³-hybridized carbons (Fsp3) is 0.125. The van der Waals surface area contributed by atoms with Crippen molar-refractivity contribution in [3.05, 3.63) is 22.2 Å². The van der Waals surface area contributed by atoms with E-state index in [0.717, 1.165) is 0 Å². The van der Waals surface area contributed by atoms with E-state index in [2.05, 4.69) is 21.2 Å². The van der Waals surface area contributed by atoms with E-state index in [4.69, 9.17) is 5.73 Å². The summed E-state index contributed by atoms with van der Waals surface area (Å²) in [6.07, 6.45) is 0. The van der Waals surface area contributed by atoms with Gasteiger partial charge in [0.2, 0.25) is 5.91 Å². The second-order valence-corrected chi connectivity index (χ2v) is 3.71. The molecule has 1 unspecified atom stereocenters. The van der Waals surface area contributed by atoms with Crippen LogP contribution in [0, 0.1) is 0 Å². The normalized spacial score (nSPS) is 19.8. The number of phenols is 1. The number of amides is 1. The van der Waals surface area contributed by atoms with E-state index in [1.807, 2.05) is 0 Å². The summed E-state index contributed by atoms with van der Waals surface area (Å²) in [7, 11) is 0. The zero-order chi connectivity index (χ0) is 9.59. The molecule has 0 aliphatic carbocycles. The molecule has 1 aromatic carbocycles. The average Bonchev–Trinajstić information content (AvgIpc) is 2.32. The van der Waals surface area contributed by atoms with Crippen LogP contribution in [0.5, 0.6) is 5.75 Å². The summed E-state index contributed by atoms with van der Waals surface area (Å²) in [5.41, 5.74) is 6.88. The van der Waals surface area contributed by atoms with E-state index in [0.29, 0.717) is 15.7 Å². The van der Waals surface area contributed by atoms with Crippen molar-refractivity contribution in [3.63, 3.8) is 0 Å². The summed E-state index contributed by atoms with van der Waals surface area (Å²) in [6, 6.07) is 2.49. The molecule has 1 heterocycles. The highest BCUT2D eigenvalue weighted by molar-refractivity contribution is 9.10. The zero-order valence-corrected chi connectivity index (χ0v) is 8.13. The second kappa shape index (κ2) is 2.71. The number of nitrogens with two attached hydrogens (primary N) is 1. The van der Waals surface area contributed by atoms with Crippen LogP contribution < -0.4 is 11.1 Å². The third-order valence-corrected chi connectivity index (χ3v) is 2.63. The van der Waals surface area contributed by atoms with Gasteiger partial charge in [-0.3, -0.25) is 4.79 Å². The van der Waals surface area contributed by atoms with Crippen LogP contribution in [0.4, 0.5) is 5.69 Å². The standard InChI is InChI=1S/C8H7BrN2O2/c9-4-1-3-5(2-6(4)12)11-8(13)7(3)10/h1-2,7,12H,10H2,(H,11,13). The molecule has 4 nitrogen and oxygen atoms in total. The van der Waals surface area contributed by atoms with E-state index in [1.54, 1.807) is 6.07 Å². The molecule has 0 saturated carbocycles. The van der Waals surface area contributed by atoms with Crippen molar-refractivity contribution in [2.45, 2.75) is 6.04 Å². The number of carbonyl (C=O) groups excluding carboxylic acids is 1. The summed E-state index contributed by atoms with van der Waals surface area (Å²) < 4.78 is 0.540. The van der Waals surface area contributed by atoms with Crippen molar-refractivity contribution in [2.24, 2.45) is 5.73 Å². The van der Waals surface area contributed by atoms with Crippen LogP contribution in [0.25, 0.3) is 0 Å². The molecule has 1 aliphatic heterocycles. The molecule has 1 aliphatic rings. The molecule has 0 radical (unpaired) electrons. The number of fused-ring (bicyclic) bond motifs is 1. The first-order valence-corrected chi connectivity index (χ1v) is 4.48. The Morgan fingerprint density at radius 2 is 2.23 bits per heavy atom. The number of phenolic OH excluding ortho intramolecular Hbond substituents is 1. The van der Waals surface area contributed by atoms with E-state index >= 15 is 0 Å². The number of halogens is 1. The summed E-state index contributed by atoms with van der Waals surface area (Å²) in [6.45, 7) is 0. The first-order chi connectivity index (χ1) is 6.09. The van der Waals surface area contributed by atoms with Crippen LogP contribution >= 0.6 is 15.9 Å². The molecule has 1 aromatic rings. The zero-order valence-electron chi connectivity index (χ0n) is 6.54. The predicted molar refractivity (Wildman–Crippen MR) is 51.4 cm³/mol. The third-order valence-electron chi connectivity index (χ3n) is 1.99.